The van der Waals surface area contributed by atoms with Crippen molar-refractivity contribution < 1.29 is 4.39 Å². The Kier molecular flexibility index (Phi) is 8.04. The Morgan fingerprint density at radius 1 is 1.40 bits per heavy atom. The molecule has 2 atom stereocenters. The number of nitrogens with one attached hydrogen (secondary N) is 1. The van der Waals surface area contributed by atoms with Crippen LogP contribution >= 0.6 is 24.8 Å². The molecule has 0 aromatic carbocycles. The van der Waals surface area contributed by atoms with E-state index in [-0.39, 0.29) is 30.9 Å². The number of rotatable bonds is 0. The predicted octanol–water partition coefficient (Wildman–Crippen LogP) is 0.489. The largest absolute Gasteiger partial charge is 0.324 e. The molecule has 64 valence electrons. The van der Waals surface area contributed by atoms with E-state index in [0.717, 1.165) is 6.54 Å². The second kappa shape index (κ2) is 6.16. The molecule has 0 saturated carbocycles. The van der Waals surface area contributed by atoms with E-state index in [1.165, 1.54) is 0 Å². The van der Waals surface area contributed by atoms with Gasteiger partial charge < -0.3 is 11.1 Å². The Bertz CT molecular complexity index is 74.0. The molecule has 5 heteroatoms. The average Bonchev–Trinajstić information content (AvgIpc) is 1.77. The van der Waals surface area contributed by atoms with E-state index in [0.29, 0.717) is 13.0 Å². The summed E-state index contributed by atoms with van der Waals surface area (Å²) >= 11 is 0. The van der Waals surface area contributed by atoms with Crippen molar-refractivity contribution in [3.05, 3.63) is 0 Å². The van der Waals surface area contributed by atoms with Crippen molar-refractivity contribution >= 4 is 24.8 Å². The maximum atomic E-state index is 12.4. The lowest BCUT2D eigenvalue weighted by atomic mass is 10.1. The van der Waals surface area contributed by atoms with Gasteiger partial charge in [0.05, 0.1) is 0 Å². The van der Waals surface area contributed by atoms with Gasteiger partial charge in [0.15, 0.2) is 0 Å². The van der Waals surface area contributed by atoms with Crippen LogP contribution in [-0.2, 0) is 0 Å². The first-order chi connectivity index (χ1) is 3.80. The van der Waals surface area contributed by atoms with E-state index in [9.17, 15) is 4.39 Å². The molecule has 10 heavy (non-hydrogen) atoms. The Labute approximate surface area is 72.6 Å². The quantitative estimate of drug-likeness (QED) is 0.584. The van der Waals surface area contributed by atoms with Crippen LogP contribution in [0.15, 0.2) is 0 Å². The molecular formula is C5H13Cl2FN2. The second-order valence-electron chi connectivity index (χ2n) is 2.17. The number of hydrogen-bond donors (Lipinski definition) is 2. The van der Waals surface area contributed by atoms with Crippen molar-refractivity contribution in [1.82, 2.24) is 5.32 Å². The number of halogens is 3. The molecular weight excluding hydrogens is 178 g/mol. The van der Waals surface area contributed by atoms with Crippen LogP contribution in [0.5, 0.6) is 0 Å². The molecule has 0 amide bonds. The van der Waals surface area contributed by atoms with Crippen molar-refractivity contribution in [3.63, 3.8) is 0 Å². The molecule has 0 aliphatic carbocycles. The molecule has 1 aliphatic heterocycles. The van der Waals surface area contributed by atoms with Gasteiger partial charge in [0.25, 0.3) is 0 Å². The third-order valence-corrected chi connectivity index (χ3v) is 1.44. The summed E-state index contributed by atoms with van der Waals surface area (Å²) in [5.41, 5.74) is 5.34. The maximum absolute atomic E-state index is 12.4. The highest BCUT2D eigenvalue weighted by atomic mass is 35.5. The maximum Gasteiger partial charge on any atom is 0.118 e. The summed E-state index contributed by atoms with van der Waals surface area (Å²) in [5, 5.41) is 3.00. The van der Waals surface area contributed by atoms with Gasteiger partial charge in [-0.1, -0.05) is 0 Å². The zero-order valence-electron chi connectivity index (χ0n) is 5.55. The van der Waals surface area contributed by atoms with Gasteiger partial charge >= 0.3 is 0 Å². The van der Waals surface area contributed by atoms with Gasteiger partial charge in [0, 0.05) is 12.6 Å². The topological polar surface area (TPSA) is 38.0 Å². The van der Waals surface area contributed by atoms with Gasteiger partial charge in [-0.05, 0) is 13.0 Å². The van der Waals surface area contributed by atoms with E-state index in [1.54, 1.807) is 0 Å². The Hall–Kier alpha value is 0.430. The van der Waals surface area contributed by atoms with Crippen LogP contribution in [0.4, 0.5) is 4.39 Å². The molecule has 0 radical (unpaired) electrons. The lowest BCUT2D eigenvalue weighted by Gasteiger charge is -2.22. The first-order valence-corrected chi connectivity index (χ1v) is 2.91. The Morgan fingerprint density at radius 2 is 2.00 bits per heavy atom. The number of alkyl halides is 1. The lowest BCUT2D eigenvalue weighted by molar-refractivity contribution is 0.229. The summed E-state index contributed by atoms with van der Waals surface area (Å²) in [6.45, 7) is 1.40. The normalized spacial score (nSPS) is 31.8. The van der Waals surface area contributed by atoms with Crippen LogP contribution < -0.4 is 11.1 Å². The third kappa shape index (κ3) is 3.56. The van der Waals surface area contributed by atoms with E-state index in [4.69, 9.17) is 5.73 Å². The van der Waals surface area contributed by atoms with Crippen LogP contribution in [0.25, 0.3) is 0 Å². The number of piperidine rings is 1. The molecule has 2 nitrogen and oxygen atoms in total. The van der Waals surface area contributed by atoms with Crippen LogP contribution in [0.2, 0.25) is 0 Å². The molecule has 0 aromatic heterocycles. The third-order valence-electron chi connectivity index (χ3n) is 1.44. The fourth-order valence-electron chi connectivity index (χ4n) is 0.851. The fourth-order valence-corrected chi connectivity index (χ4v) is 0.851. The molecule has 0 aromatic rings. The van der Waals surface area contributed by atoms with Gasteiger partial charge in [-0.15, -0.1) is 24.8 Å². The minimum Gasteiger partial charge on any atom is -0.324 e. The lowest BCUT2D eigenvalue weighted by Crippen LogP contribution is -2.47. The molecule has 0 unspecified atom stereocenters. The van der Waals surface area contributed by atoms with Gasteiger partial charge in [-0.3, -0.25) is 0 Å². The first-order valence-electron chi connectivity index (χ1n) is 2.91. The smallest absolute Gasteiger partial charge is 0.118 e. The molecule has 1 saturated heterocycles. The number of nitrogens with two attached hydrogens (primary N) is 1. The van der Waals surface area contributed by atoms with Crippen LogP contribution in [-0.4, -0.2) is 25.3 Å². The zero-order chi connectivity index (χ0) is 5.98. The van der Waals surface area contributed by atoms with Crippen molar-refractivity contribution in [2.45, 2.75) is 18.6 Å². The molecule has 1 fully saturated rings. The predicted molar refractivity (Wildman–Crippen MR) is 44.9 cm³/mol. The monoisotopic (exact) mass is 190 g/mol. The zero-order valence-corrected chi connectivity index (χ0v) is 7.18. The summed E-state index contributed by atoms with van der Waals surface area (Å²) in [6.07, 6.45) is -0.211. The van der Waals surface area contributed by atoms with Crippen LogP contribution in [0, 0.1) is 0 Å². The van der Waals surface area contributed by atoms with Gasteiger partial charge in [-0.2, -0.15) is 0 Å². The summed E-state index contributed by atoms with van der Waals surface area (Å²) in [7, 11) is 0. The van der Waals surface area contributed by atoms with Gasteiger partial charge in [0.1, 0.15) is 6.17 Å². The first kappa shape index (κ1) is 13.1. The van der Waals surface area contributed by atoms with Crippen molar-refractivity contribution in [3.8, 4) is 0 Å². The Morgan fingerprint density at radius 3 is 2.30 bits per heavy atom. The minimum atomic E-state index is -0.781. The summed E-state index contributed by atoms with van der Waals surface area (Å²) in [4.78, 5) is 0. The molecule has 1 aliphatic rings. The standard InChI is InChI=1S/C5H11FN2.2ClH/c6-4-1-2-8-3-5(4)7;;/h4-5,8H,1-3,7H2;2*1H/t4-,5+;;/m0../s1. The van der Waals surface area contributed by atoms with Crippen LogP contribution in [0.1, 0.15) is 6.42 Å². The van der Waals surface area contributed by atoms with E-state index in [2.05, 4.69) is 5.32 Å². The second-order valence-corrected chi connectivity index (χ2v) is 2.17. The SMILES string of the molecule is Cl.Cl.N[C@@H]1CNCC[C@@H]1F. The number of hydrogen-bond acceptors (Lipinski definition) is 2. The molecule has 3 N–H and O–H groups in total. The highest BCUT2D eigenvalue weighted by Crippen LogP contribution is 2.04. The van der Waals surface area contributed by atoms with Crippen molar-refractivity contribution in [1.29, 1.82) is 0 Å². The van der Waals surface area contributed by atoms with E-state index >= 15 is 0 Å². The van der Waals surface area contributed by atoms with Crippen molar-refractivity contribution in [2.24, 2.45) is 5.73 Å². The summed E-state index contributed by atoms with van der Waals surface area (Å²) in [6, 6.07) is -0.274. The summed E-state index contributed by atoms with van der Waals surface area (Å²) < 4.78 is 12.4. The molecule has 0 spiro atoms. The Balaban J connectivity index is 0. The minimum absolute atomic E-state index is 0. The average molecular weight is 191 g/mol. The summed E-state index contributed by atoms with van der Waals surface area (Å²) in [5.74, 6) is 0. The van der Waals surface area contributed by atoms with Crippen LogP contribution in [0.3, 0.4) is 0 Å². The highest BCUT2D eigenvalue weighted by molar-refractivity contribution is 5.85. The molecule has 1 heterocycles. The van der Waals surface area contributed by atoms with Gasteiger partial charge in [0.2, 0.25) is 0 Å². The van der Waals surface area contributed by atoms with E-state index < -0.39 is 6.17 Å². The van der Waals surface area contributed by atoms with Crippen molar-refractivity contribution in [2.75, 3.05) is 13.1 Å². The van der Waals surface area contributed by atoms with E-state index in [1.807, 2.05) is 0 Å². The molecule has 1 rings (SSSR count). The highest BCUT2D eigenvalue weighted by Gasteiger charge is 2.19. The molecule has 0 bridgehead atoms. The van der Waals surface area contributed by atoms with Gasteiger partial charge in [-0.25, -0.2) is 4.39 Å². The fraction of sp³-hybridized carbons (Fsp3) is 1.00.